The van der Waals surface area contributed by atoms with Crippen molar-refractivity contribution in [1.82, 2.24) is 25.1 Å². The Kier molecular flexibility index (Phi) is 3.57. The lowest BCUT2D eigenvalue weighted by molar-refractivity contribution is 0.419. The molecular formula is C17H21N7. The average molecular weight is 323 g/mol. The summed E-state index contributed by atoms with van der Waals surface area (Å²) in [6.45, 7) is 6.18. The monoisotopic (exact) mass is 323 g/mol. The Morgan fingerprint density at radius 2 is 2.12 bits per heavy atom. The number of hydrogen-bond donors (Lipinski definition) is 2. The molecule has 7 nitrogen and oxygen atoms in total. The molecule has 0 saturated carbocycles. The zero-order valence-electron chi connectivity index (χ0n) is 13.8. The molecule has 7 heteroatoms. The molecule has 1 aliphatic heterocycles. The number of anilines is 2. The summed E-state index contributed by atoms with van der Waals surface area (Å²) in [5.74, 6) is 1.51. The van der Waals surface area contributed by atoms with Crippen LogP contribution < -0.4 is 16.0 Å². The van der Waals surface area contributed by atoms with E-state index in [1.54, 1.807) is 6.20 Å². The Bertz CT molecular complexity index is 872. The van der Waals surface area contributed by atoms with Gasteiger partial charge in [-0.1, -0.05) is 0 Å². The molecule has 124 valence electrons. The standard InChI is InChI=1S/C17H21N7/c1-11-10-23(12(2)8-20-11)17-19-6-5-16(22-17)24-15-4-3-14(18)7-13(15)9-21-24/h3-7,9,11-12,20H,8,10,18H2,1-2H3. The molecule has 3 N–H and O–H groups in total. The topological polar surface area (TPSA) is 84.9 Å². The van der Waals surface area contributed by atoms with Gasteiger partial charge in [0.2, 0.25) is 5.95 Å². The van der Waals surface area contributed by atoms with Crippen LogP contribution in [0.2, 0.25) is 0 Å². The molecule has 3 aromatic rings. The summed E-state index contributed by atoms with van der Waals surface area (Å²) in [4.78, 5) is 11.5. The number of rotatable bonds is 2. The quantitative estimate of drug-likeness (QED) is 0.697. The van der Waals surface area contributed by atoms with Gasteiger partial charge in [-0.3, -0.25) is 0 Å². The van der Waals surface area contributed by atoms with Gasteiger partial charge in [-0.15, -0.1) is 0 Å². The van der Waals surface area contributed by atoms with Gasteiger partial charge in [0.25, 0.3) is 0 Å². The van der Waals surface area contributed by atoms with E-state index in [4.69, 9.17) is 10.7 Å². The van der Waals surface area contributed by atoms with Crippen molar-refractivity contribution in [3.05, 3.63) is 36.7 Å². The second kappa shape index (κ2) is 5.76. The van der Waals surface area contributed by atoms with Gasteiger partial charge in [0.15, 0.2) is 5.82 Å². The van der Waals surface area contributed by atoms with Crippen LogP contribution in [0.4, 0.5) is 11.6 Å². The van der Waals surface area contributed by atoms with Crippen molar-refractivity contribution in [2.45, 2.75) is 25.9 Å². The van der Waals surface area contributed by atoms with Crippen molar-refractivity contribution >= 4 is 22.5 Å². The number of fused-ring (bicyclic) bond motifs is 1. The van der Waals surface area contributed by atoms with Gasteiger partial charge in [0.1, 0.15) is 0 Å². The summed E-state index contributed by atoms with van der Waals surface area (Å²) < 4.78 is 1.83. The van der Waals surface area contributed by atoms with Crippen LogP contribution in [0.25, 0.3) is 16.7 Å². The fraction of sp³-hybridized carbons (Fsp3) is 0.353. The van der Waals surface area contributed by atoms with E-state index in [1.165, 1.54) is 0 Å². The number of nitrogen functional groups attached to an aromatic ring is 1. The number of aromatic nitrogens is 4. The molecule has 1 fully saturated rings. The molecule has 1 saturated heterocycles. The SMILES string of the molecule is CC1CN(c2nccc(-n3ncc4cc(N)ccc43)n2)C(C)CN1. The number of hydrogen-bond acceptors (Lipinski definition) is 6. The van der Waals surface area contributed by atoms with E-state index < -0.39 is 0 Å². The van der Waals surface area contributed by atoms with Crippen LogP contribution in [-0.2, 0) is 0 Å². The summed E-state index contributed by atoms with van der Waals surface area (Å²) in [6, 6.07) is 8.41. The lowest BCUT2D eigenvalue weighted by atomic mass is 10.1. The van der Waals surface area contributed by atoms with Crippen LogP contribution in [0, 0.1) is 0 Å². The first-order chi connectivity index (χ1) is 11.6. The minimum Gasteiger partial charge on any atom is -0.399 e. The van der Waals surface area contributed by atoms with E-state index in [-0.39, 0.29) is 0 Å². The third kappa shape index (κ3) is 2.56. The van der Waals surface area contributed by atoms with Crippen molar-refractivity contribution in [1.29, 1.82) is 0 Å². The fourth-order valence-corrected chi connectivity index (χ4v) is 3.13. The van der Waals surface area contributed by atoms with E-state index in [1.807, 2.05) is 35.1 Å². The van der Waals surface area contributed by atoms with Crippen LogP contribution in [0.15, 0.2) is 36.7 Å². The summed E-state index contributed by atoms with van der Waals surface area (Å²) in [5.41, 5.74) is 7.56. The van der Waals surface area contributed by atoms with E-state index in [0.717, 1.165) is 41.4 Å². The molecule has 0 amide bonds. The third-order valence-corrected chi connectivity index (χ3v) is 4.46. The molecule has 0 aliphatic carbocycles. The summed E-state index contributed by atoms with van der Waals surface area (Å²) in [7, 11) is 0. The lowest BCUT2D eigenvalue weighted by Gasteiger charge is -2.37. The first kappa shape index (κ1) is 14.9. The first-order valence-electron chi connectivity index (χ1n) is 8.18. The fourth-order valence-electron chi connectivity index (χ4n) is 3.13. The molecule has 4 rings (SSSR count). The van der Waals surface area contributed by atoms with Gasteiger partial charge in [0, 0.05) is 48.5 Å². The zero-order chi connectivity index (χ0) is 16.7. The van der Waals surface area contributed by atoms with Crippen molar-refractivity contribution in [3.8, 4) is 5.82 Å². The Balaban J connectivity index is 1.74. The van der Waals surface area contributed by atoms with Crippen LogP contribution in [0.1, 0.15) is 13.8 Å². The maximum Gasteiger partial charge on any atom is 0.227 e. The maximum atomic E-state index is 5.85. The van der Waals surface area contributed by atoms with Gasteiger partial charge in [0.05, 0.1) is 11.7 Å². The molecule has 0 spiro atoms. The number of nitrogens with zero attached hydrogens (tertiary/aromatic N) is 5. The van der Waals surface area contributed by atoms with Gasteiger partial charge in [-0.2, -0.15) is 10.1 Å². The second-order valence-electron chi connectivity index (χ2n) is 6.40. The molecular weight excluding hydrogens is 302 g/mol. The van der Waals surface area contributed by atoms with Crippen molar-refractivity contribution in [2.24, 2.45) is 0 Å². The predicted molar refractivity (Wildman–Crippen MR) is 95.3 cm³/mol. The zero-order valence-corrected chi connectivity index (χ0v) is 13.8. The van der Waals surface area contributed by atoms with E-state index in [9.17, 15) is 0 Å². The molecule has 2 atom stereocenters. The smallest absolute Gasteiger partial charge is 0.227 e. The third-order valence-electron chi connectivity index (χ3n) is 4.46. The normalized spacial score (nSPS) is 21.3. The van der Waals surface area contributed by atoms with Gasteiger partial charge < -0.3 is 16.0 Å². The number of nitrogens with one attached hydrogen (secondary N) is 1. The number of piperazine rings is 1. The van der Waals surface area contributed by atoms with Crippen LogP contribution in [0.3, 0.4) is 0 Å². The minimum absolute atomic E-state index is 0.352. The Morgan fingerprint density at radius 1 is 1.25 bits per heavy atom. The highest BCUT2D eigenvalue weighted by Crippen LogP contribution is 2.21. The summed E-state index contributed by atoms with van der Waals surface area (Å²) in [5, 5.41) is 8.94. The minimum atomic E-state index is 0.352. The lowest BCUT2D eigenvalue weighted by Crippen LogP contribution is -2.55. The molecule has 24 heavy (non-hydrogen) atoms. The molecule has 2 unspecified atom stereocenters. The van der Waals surface area contributed by atoms with E-state index in [0.29, 0.717) is 12.1 Å². The second-order valence-corrected chi connectivity index (χ2v) is 6.40. The maximum absolute atomic E-state index is 5.85. The van der Waals surface area contributed by atoms with Crippen molar-refractivity contribution < 1.29 is 0 Å². The number of nitrogens with two attached hydrogens (primary N) is 1. The highest BCUT2D eigenvalue weighted by atomic mass is 15.4. The van der Waals surface area contributed by atoms with Gasteiger partial charge >= 0.3 is 0 Å². The predicted octanol–water partition coefficient (Wildman–Crippen LogP) is 1.58. The van der Waals surface area contributed by atoms with Crippen LogP contribution >= 0.6 is 0 Å². The van der Waals surface area contributed by atoms with Gasteiger partial charge in [-0.25, -0.2) is 9.67 Å². The largest absolute Gasteiger partial charge is 0.399 e. The van der Waals surface area contributed by atoms with Gasteiger partial charge in [-0.05, 0) is 32.0 Å². The molecule has 1 aliphatic rings. The van der Waals surface area contributed by atoms with Crippen molar-refractivity contribution in [3.63, 3.8) is 0 Å². The molecule has 0 radical (unpaired) electrons. The Morgan fingerprint density at radius 3 is 3.00 bits per heavy atom. The first-order valence-corrected chi connectivity index (χ1v) is 8.18. The summed E-state index contributed by atoms with van der Waals surface area (Å²) >= 11 is 0. The van der Waals surface area contributed by atoms with Crippen molar-refractivity contribution in [2.75, 3.05) is 23.7 Å². The summed E-state index contributed by atoms with van der Waals surface area (Å²) in [6.07, 6.45) is 3.60. The Hall–Kier alpha value is -2.67. The van der Waals surface area contributed by atoms with E-state index >= 15 is 0 Å². The Labute approximate surface area is 140 Å². The molecule has 2 aromatic heterocycles. The van der Waals surface area contributed by atoms with E-state index in [2.05, 4.69) is 34.1 Å². The highest BCUT2D eigenvalue weighted by Gasteiger charge is 2.24. The van der Waals surface area contributed by atoms with Crippen LogP contribution in [0.5, 0.6) is 0 Å². The average Bonchev–Trinajstić information content (AvgIpc) is 3.00. The molecule has 3 heterocycles. The van der Waals surface area contributed by atoms with Crippen LogP contribution in [-0.4, -0.2) is 44.9 Å². The molecule has 1 aromatic carbocycles. The highest BCUT2D eigenvalue weighted by molar-refractivity contribution is 5.83. The molecule has 0 bridgehead atoms. The number of benzene rings is 1.